The second kappa shape index (κ2) is 9.74. The van der Waals surface area contributed by atoms with Gasteiger partial charge in [-0.3, -0.25) is 4.79 Å². The molecule has 0 spiro atoms. The number of rotatable bonds is 8. The summed E-state index contributed by atoms with van der Waals surface area (Å²) in [5, 5.41) is 3.03. The monoisotopic (exact) mass is 408 g/mol. The summed E-state index contributed by atoms with van der Waals surface area (Å²) in [7, 11) is -3.74. The molecule has 0 bridgehead atoms. The van der Waals surface area contributed by atoms with Crippen molar-refractivity contribution in [3.05, 3.63) is 24.3 Å². The van der Waals surface area contributed by atoms with Crippen molar-refractivity contribution in [1.29, 1.82) is 0 Å². The number of sulfonamides is 1. The molecule has 0 aromatic heterocycles. The van der Waals surface area contributed by atoms with Gasteiger partial charge in [0.15, 0.2) is 0 Å². The van der Waals surface area contributed by atoms with Crippen molar-refractivity contribution in [1.82, 2.24) is 9.62 Å². The Morgan fingerprint density at radius 2 is 1.64 bits per heavy atom. The van der Waals surface area contributed by atoms with Gasteiger partial charge in [0.05, 0.1) is 18.0 Å². The summed E-state index contributed by atoms with van der Waals surface area (Å²) in [6.07, 6.45) is 8.99. The maximum Gasteiger partial charge on any atom is 0.243 e. The molecule has 1 aromatic carbocycles. The molecule has 0 saturated heterocycles. The quantitative estimate of drug-likeness (QED) is 0.715. The molecule has 2 fully saturated rings. The number of nitrogens with one attached hydrogen (secondary N) is 1. The number of carbonyl (C=O) groups excluding carboxylic acids is 1. The summed E-state index contributed by atoms with van der Waals surface area (Å²) < 4.78 is 33.6. The third-order valence-electron chi connectivity index (χ3n) is 5.74. The highest BCUT2D eigenvalue weighted by molar-refractivity contribution is 7.89. The molecule has 2 aliphatic rings. The molecule has 3 rings (SSSR count). The molecule has 2 aliphatic carbocycles. The van der Waals surface area contributed by atoms with E-state index < -0.39 is 10.0 Å². The zero-order chi connectivity index (χ0) is 20.0. The molecule has 0 heterocycles. The van der Waals surface area contributed by atoms with E-state index in [1.165, 1.54) is 4.31 Å². The predicted molar refractivity (Wildman–Crippen MR) is 109 cm³/mol. The lowest BCUT2D eigenvalue weighted by atomic mass is 9.95. The summed E-state index contributed by atoms with van der Waals surface area (Å²) in [4.78, 5) is 12.8. The van der Waals surface area contributed by atoms with Crippen LogP contribution < -0.4 is 10.1 Å². The van der Waals surface area contributed by atoms with Crippen LogP contribution in [-0.4, -0.2) is 43.9 Å². The smallest absolute Gasteiger partial charge is 0.243 e. The molecular weight excluding hydrogens is 376 g/mol. The largest absolute Gasteiger partial charge is 0.494 e. The molecular formula is C21H32N2O4S. The van der Waals surface area contributed by atoms with E-state index in [0.717, 1.165) is 57.8 Å². The summed E-state index contributed by atoms with van der Waals surface area (Å²) in [6, 6.07) is 6.58. The fourth-order valence-electron chi connectivity index (χ4n) is 4.27. The van der Waals surface area contributed by atoms with Crippen LogP contribution in [0, 0.1) is 0 Å². The van der Waals surface area contributed by atoms with Crippen molar-refractivity contribution in [3.8, 4) is 5.75 Å². The lowest BCUT2D eigenvalue weighted by Gasteiger charge is -2.33. The number of hydrogen-bond acceptors (Lipinski definition) is 4. The molecule has 6 nitrogen and oxygen atoms in total. The van der Waals surface area contributed by atoms with Crippen LogP contribution in [0.2, 0.25) is 0 Å². The second-order valence-corrected chi connectivity index (χ2v) is 9.69. The van der Waals surface area contributed by atoms with Crippen LogP contribution in [0.1, 0.15) is 64.7 Å². The molecule has 1 amide bonds. The Bertz CT molecular complexity index is 736. The first-order valence-corrected chi connectivity index (χ1v) is 12.0. The van der Waals surface area contributed by atoms with E-state index in [9.17, 15) is 13.2 Å². The average Bonchev–Trinajstić information content (AvgIpc) is 3.20. The van der Waals surface area contributed by atoms with E-state index in [-0.39, 0.29) is 29.4 Å². The first kappa shape index (κ1) is 21.1. The van der Waals surface area contributed by atoms with Crippen molar-refractivity contribution in [2.75, 3.05) is 13.2 Å². The summed E-state index contributed by atoms with van der Waals surface area (Å²) >= 11 is 0. The van der Waals surface area contributed by atoms with Gasteiger partial charge in [-0.2, -0.15) is 4.31 Å². The molecule has 0 aliphatic heterocycles. The summed E-state index contributed by atoms with van der Waals surface area (Å²) in [6.45, 7) is 2.32. The minimum absolute atomic E-state index is 0.100. The van der Waals surface area contributed by atoms with Crippen LogP contribution in [0.4, 0.5) is 0 Å². The van der Waals surface area contributed by atoms with Gasteiger partial charge in [-0.05, 0) is 56.9 Å². The first-order valence-electron chi connectivity index (χ1n) is 10.5. The second-order valence-electron chi connectivity index (χ2n) is 7.80. The van der Waals surface area contributed by atoms with E-state index in [1.54, 1.807) is 24.3 Å². The van der Waals surface area contributed by atoms with Gasteiger partial charge in [-0.25, -0.2) is 8.42 Å². The Balaban J connectivity index is 1.78. The lowest BCUT2D eigenvalue weighted by Crippen LogP contribution is -2.48. The standard InChI is InChI=1S/C21H32N2O4S/c1-2-27-19-12-14-20(15-13-19)28(25,26)23(18-10-4-3-5-11-18)16-21(24)22-17-8-6-7-9-17/h12-15,17-18H,2-11,16H2,1H3,(H,22,24). The van der Waals surface area contributed by atoms with E-state index in [4.69, 9.17) is 4.74 Å². The SMILES string of the molecule is CCOc1ccc(S(=O)(=O)N(CC(=O)NC2CCCC2)C2CCCCC2)cc1. The maximum atomic E-state index is 13.4. The summed E-state index contributed by atoms with van der Waals surface area (Å²) in [5.74, 6) is 0.455. The molecule has 28 heavy (non-hydrogen) atoms. The van der Waals surface area contributed by atoms with Gasteiger partial charge in [-0.1, -0.05) is 32.1 Å². The fraction of sp³-hybridized carbons (Fsp3) is 0.667. The van der Waals surface area contributed by atoms with Crippen molar-refractivity contribution in [2.24, 2.45) is 0 Å². The number of nitrogens with zero attached hydrogens (tertiary/aromatic N) is 1. The lowest BCUT2D eigenvalue weighted by molar-refractivity contribution is -0.122. The fourth-order valence-corrected chi connectivity index (χ4v) is 5.92. The van der Waals surface area contributed by atoms with E-state index >= 15 is 0 Å². The molecule has 1 aromatic rings. The van der Waals surface area contributed by atoms with Gasteiger partial charge in [0, 0.05) is 12.1 Å². The van der Waals surface area contributed by atoms with Crippen LogP contribution in [0.15, 0.2) is 29.2 Å². The average molecular weight is 409 g/mol. The van der Waals surface area contributed by atoms with Gasteiger partial charge in [0.25, 0.3) is 0 Å². The highest BCUT2D eigenvalue weighted by Gasteiger charge is 2.34. The Labute approximate surface area is 168 Å². The minimum atomic E-state index is -3.74. The van der Waals surface area contributed by atoms with Crippen LogP contribution >= 0.6 is 0 Å². The van der Waals surface area contributed by atoms with Crippen LogP contribution in [0.25, 0.3) is 0 Å². The van der Waals surface area contributed by atoms with Crippen LogP contribution in [-0.2, 0) is 14.8 Å². The highest BCUT2D eigenvalue weighted by Crippen LogP contribution is 2.28. The van der Waals surface area contributed by atoms with E-state index in [1.807, 2.05) is 6.92 Å². The maximum absolute atomic E-state index is 13.4. The molecule has 0 unspecified atom stereocenters. The summed E-state index contributed by atoms with van der Waals surface area (Å²) in [5.41, 5.74) is 0. The zero-order valence-corrected chi connectivity index (χ0v) is 17.5. The number of amides is 1. The van der Waals surface area contributed by atoms with E-state index in [0.29, 0.717) is 12.4 Å². The van der Waals surface area contributed by atoms with Crippen molar-refractivity contribution in [2.45, 2.75) is 81.7 Å². The van der Waals surface area contributed by atoms with Crippen molar-refractivity contribution >= 4 is 15.9 Å². The van der Waals surface area contributed by atoms with Gasteiger partial charge in [0.1, 0.15) is 5.75 Å². The Kier molecular flexibility index (Phi) is 7.35. The molecule has 156 valence electrons. The number of carbonyl (C=O) groups is 1. The topological polar surface area (TPSA) is 75.7 Å². The van der Waals surface area contributed by atoms with Crippen molar-refractivity contribution in [3.63, 3.8) is 0 Å². The van der Waals surface area contributed by atoms with Gasteiger partial charge in [-0.15, -0.1) is 0 Å². The van der Waals surface area contributed by atoms with Gasteiger partial charge >= 0.3 is 0 Å². The molecule has 7 heteroatoms. The third kappa shape index (κ3) is 5.26. The zero-order valence-electron chi connectivity index (χ0n) is 16.7. The number of hydrogen-bond donors (Lipinski definition) is 1. The van der Waals surface area contributed by atoms with E-state index in [2.05, 4.69) is 5.32 Å². The molecule has 0 radical (unpaired) electrons. The predicted octanol–water partition coefficient (Wildman–Crippen LogP) is 3.47. The number of ether oxygens (including phenoxy) is 1. The Morgan fingerprint density at radius 3 is 2.25 bits per heavy atom. The number of benzene rings is 1. The van der Waals surface area contributed by atoms with Gasteiger partial charge in [0.2, 0.25) is 15.9 Å². The van der Waals surface area contributed by atoms with Crippen LogP contribution in [0.3, 0.4) is 0 Å². The minimum Gasteiger partial charge on any atom is -0.494 e. The highest BCUT2D eigenvalue weighted by atomic mass is 32.2. The Hall–Kier alpha value is -1.60. The molecule has 2 saturated carbocycles. The molecule has 1 N–H and O–H groups in total. The third-order valence-corrected chi connectivity index (χ3v) is 7.66. The Morgan fingerprint density at radius 1 is 1.04 bits per heavy atom. The van der Waals surface area contributed by atoms with Gasteiger partial charge < -0.3 is 10.1 Å². The normalized spacial score (nSPS) is 19.1. The van der Waals surface area contributed by atoms with Crippen molar-refractivity contribution < 1.29 is 17.9 Å². The molecule has 0 atom stereocenters. The van der Waals surface area contributed by atoms with Crippen LogP contribution in [0.5, 0.6) is 5.75 Å². The first-order chi connectivity index (χ1) is 13.5.